The Kier molecular flexibility index (Phi) is 4.39. The number of hydrogen-bond donors (Lipinski definition) is 1. The first-order valence-electron chi connectivity index (χ1n) is 6.04. The Morgan fingerprint density at radius 3 is 2.50 bits per heavy atom. The molecule has 110 valence electrons. The Bertz CT molecular complexity index is 481. The van der Waals surface area contributed by atoms with Crippen LogP contribution < -0.4 is 5.32 Å². The summed E-state index contributed by atoms with van der Waals surface area (Å²) in [7, 11) is 0. The summed E-state index contributed by atoms with van der Waals surface area (Å²) in [6.45, 7) is -0.424. The zero-order valence-corrected chi connectivity index (χ0v) is 12.1. The molecule has 0 aromatic heterocycles. The summed E-state index contributed by atoms with van der Waals surface area (Å²) >= 11 is 3.25. The van der Waals surface area contributed by atoms with Crippen LogP contribution in [0.5, 0.6) is 0 Å². The van der Waals surface area contributed by atoms with Gasteiger partial charge < -0.3 is 10.1 Å². The highest BCUT2D eigenvalue weighted by atomic mass is 79.9. The topological polar surface area (TPSA) is 38.3 Å². The van der Waals surface area contributed by atoms with Gasteiger partial charge in [-0.1, -0.05) is 28.1 Å². The molecule has 1 aliphatic heterocycles. The molecule has 1 aromatic carbocycles. The number of carbonyl (C=O) groups excluding carboxylic acids is 1. The number of benzene rings is 1. The summed E-state index contributed by atoms with van der Waals surface area (Å²) in [6, 6.07) is 6.84. The summed E-state index contributed by atoms with van der Waals surface area (Å²) in [5.74, 6) is -1.21. The second-order valence-electron chi connectivity index (χ2n) is 4.71. The van der Waals surface area contributed by atoms with Gasteiger partial charge in [-0.25, -0.2) is 0 Å². The smallest absolute Gasteiger partial charge is 0.406 e. The maximum absolute atomic E-state index is 13.1. The van der Waals surface area contributed by atoms with Crippen LogP contribution in [0.1, 0.15) is 12.0 Å². The molecule has 0 radical (unpaired) electrons. The molecule has 0 saturated carbocycles. The van der Waals surface area contributed by atoms with Gasteiger partial charge in [0.15, 0.2) is 5.41 Å². The summed E-state index contributed by atoms with van der Waals surface area (Å²) < 4.78 is 45.0. The van der Waals surface area contributed by atoms with Crippen molar-refractivity contribution >= 4 is 21.9 Å². The third-order valence-corrected chi connectivity index (χ3v) is 3.90. The lowest BCUT2D eigenvalue weighted by molar-refractivity contribution is -0.229. The van der Waals surface area contributed by atoms with E-state index in [1.807, 2.05) is 0 Å². The second kappa shape index (κ2) is 5.73. The van der Waals surface area contributed by atoms with E-state index in [9.17, 15) is 18.0 Å². The van der Waals surface area contributed by atoms with Crippen LogP contribution in [-0.2, 0) is 16.1 Å². The van der Waals surface area contributed by atoms with E-state index in [1.54, 1.807) is 24.3 Å². The molecule has 1 atom stereocenters. The van der Waals surface area contributed by atoms with Crippen LogP contribution in [0.2, 0.25) is 0 Å². The van der Waals surface area contributed by atoms with E-state index in [2.05, 4.69) is 21.2 Å². The average Bonchev–Trinajstić information content (AvgIpc) is 2.88. The highest BCUT2D eigenvalue weighted by Gasteiger charge is 2.62. The van der Waals surface area contributed by atoms with E-state index in [0.29, 0.717) is 5.56 Å². The molecule has 1 saturated heterocycles. The van der Waals surface area contributed by atoms with Crippen LogP contribution >= 0.6 is 15.9 Å². The monoisotopic (exact) mass is 351 g/mol. The minimum Gasteiger partial charge on any atom is -0.460 e. The fourth-order valence-corrected chi connectivity index (χ4v) is 2.36. The molecule has 2 rings (SSSR count). The minimum atomic E-state index is -4.60. The highest BCUT2D eigenvalue weighted by molar-refractivity contribution is 9.10. The maximum Gasteiger partial charge on any atom is 0.406 e. The van der Waals surface area contributed by atoms with E-state index in [-0.39, 0.29) is 19.6 Å². The SMILES string of the molecule is O=C(OCc1ccc(Br)cc1)C1(C(F)(F)F)CCNC1. The fraction of sp³-hybridized carbons (Fsp3) is 0.462. The first-order valence-corrected chi connectivity index (χ1v) is 6.83. The van der Waals surface area contributed by atoms with Gasteiger partial charge in [0.25, 0.3) is 0 Å². The van der Waals surface area contributed by atoms with Gasteiger partial charge in [-0.05, 0) is 30.7 Å². The predicted octanol–water partition coefficient (Wildman–Crippen LogP) is 3.03. The van der Waals surface area contributed by atoms with Crippen molar-refractivity contribution in [2.45, 2.75) is 19.2 Å². The van der Waals surface area contributed by atoms with Crippen molar-refractivity contribution in [2.75, 3.05) is 13.1 Å². The van der Waals surface area contributed by atoms with Gasteiger partial charge in [-0.3, -0.25) is 4.79 Å². The minimum absolute atomic E-state index is 0.160. The van der Waals surface area contributed by atoms with E-state index in [1.165, 1.54) is 0 Å². The number of halogens is 4. The molecule has 1 unspecified atom stereocenters. The Balaban J connectivity index is 2.05. The summed E-state index contributed by atoms with van der Waals surface area (Å²) in [5, 5.41) is 2.58. The van der Waals surface area contributed by atoms with Crippen LogP contribution in [0.3, 0.4) is 0 Å². The molecule has 3 nitrogen and oxygen atoms in total. The molecule has 0 bridgehead atoms. The third kappa shape index (κ3) is 2.98. The molecule has 20 heavy (non-hydrogen) atoms. The summed E-state index contributed by atoms with van der Waals surface area (Å²) in [6.07, 6.45) is -4.89. The number of alkyl halides is 3. The van der Waals surface area contributed by atoms with E-state index in [0.717, 1.165) is 4.47 Å². The van der Waals surface area contributed by atoms with Gasteiger partial charge in [0, 0.05) is 11.0 Å². The lowest BCUT2D eigenvalue weighted by Gasteiger charge is -2.28. The molecule has 1 N–H and O–H groups in total. The van der Waals surface area contributed by atoms with Crippen molar-refractivity contribution in [1.29, 1.82) is 0 Å². The van der Waals surface area contributed by atoms with E-state index >= 15 is 0 Å². The predicted molar refractivity (Wildman–Crippen MR) is 69.9 cm³/mol. The average molecular weight is 352 g/mol. The number of carbonyl (C=O) groups is 1. The summed E-state index contributed by atoms with van der Waals surface area (Å²) in [5.41, 5.74) is -1.77. The molecule has 0 aliphatic carbocycles. The maximum atomic E-state index is 13.1. The van der Waals surface area contributed by atoms with Gasteiger partial charge >= 0.3 is 12.1 Å². The highest BCUT2D eigenvalue weighted by Crippen LogP contribution is 2.44. The zero-order chi connectivity index (χ0) is 14.8. The van der Waals surface area contributed by atoms with Crippen molar-refractivity contribution in [2.24, 2.45) is 5.41 Å². The van der Waals surface area contributed by atoms with Crippen LogP contribution in [0, 0.1) is 5.41 Å². The largest absolute Gasteiger partial charge is 0.460 e. The molecule has 1 heterocycles. The van der Waals surface area contributed by atoms with Crippen LogP contribution in [0.25, 0.3) is 0 Å². The first kappa shape index (κ1) is 15.3. The number of hydrogen-bond acceptors (Lipinski definition) is 3. The Morgan fingerprint density at radius 1 is 1.35 bits per heavy atom. The molecule has 0 spiro atoms. The van der Waals surface area contributed by atoms with E-state index in [4.69, 9.17) is 4.74 Å². The lowest BCUT2D eigenvalue weighted by Crippen LogP contribution is -2.47. The number of nitrogens with one attached hydrogen (secondary N) is 1. The van der Waals surface area contributed by atoms with Crippen molar-refractivity contribution in [3.63, 3.8) is 0 Å². The number of rotatable bonds is 3. The molecular weight excluding hydrogens is 339 g/mol. The second-order valence-corrected chi connectivity index (χ2v) is 5.62. The lowest BCUT2D eigenvalue weighted by atomic mass is 9.86. The van der Waals surface area contributed by atoms with Crippen LogP contribution in [-0.4, -0.2) is 25.2 Å². The molecule has 7 heteroatoms. The molecule has 0 amide bonds. The molecule has 1 fully saturated rings. The van der Waals surface area contributed by atoms with Crippen molar-refractivity contribution < 1.29 is 22.7 Å². The van der Waals surface area contributed by atoms with Crippen LogP contribution in [0.15, 0.2) is 28.7 Å². The molecular formula is C13H13BrF3NO2. The fourth-order valence-electron chi connectivity index (χ4n) is 2.09. The Morgan fingerprint density at radius 2 is 2.00 bits per heavy atom. The third-order valence-electron chi connectivity index (χ3n) is 3.37. The van der Waals surface area contributed by atoms with Crippen molar-refractivity contribution in [3.05, 3.63) is 34.3 Å². The zero-order valence-electron chi connectivity index (χ0n) is 10.5. The standard InChI is InChI=1S/C13H13BrF3NO2/c14-10-3-1-9(2-4-10)7-20-11(19)12(13(15,16)17)5-6-18-8-12/h1-4,18H,5-8H2. The molecule has 1 aliphatic rings. The summed E-state index contributed by atoms with van der Waals surface area (Å²) in [4.78, 5) is 11.9. The van der Waals surface area contributed by atoms with Crippen molar-refractivity contribution in [1.82, 2.24) is 5.32 Å². The van der Waals surface area contributed by atoms with Gasteiger partial charge in [0.2, 0.25) is 0 Å². The van der Waals surface area contributed by atoms with Gasteiger partial charge in [-0.15, -0.1) is 0 Å². The number of esters is 1. The van der Waals surface area contributed by atoms with Crippen LogP contribution in [0.4, 0.5) is 13.2 Å². The normalized spacial score (nSPS) is 22.8. The Hall–Kier alpha value is -1.08. The first-order chi connectivity index (χ1) is 9.35. The molecule has 1 aromatic rings. The Labute approximate surface area is 122 Å². The van der Waals surface area contributed by atoms with Gasteiger partial charge in [0.05, 0.1) is 0 Å². The van der Waals surface area contributed by atoms with Gasteiger partial charge in [0.1, 0.15) is 6.61 Å². The van der Waals surface area contributed by atoms with Crippen molar-refractivity contribution in [3.8, 4) is 0 Å². The van der Waals surface area contributed by atoms with Gasteiger partial charge in [-0.2, -0.15) is 13.2 Å². The quantitative estimate of drug-likeness (QED) is 0.850. The number of ether oxygens (including phenoxy) is 1. The van der Waals surface area contributed by atoms with E-state index < -0.39 is 24.1 Å².